The van der Waals surface area contributed by atoms with Crippen LogP contribution >= 0.6 is 11.8 Å². The lowest BCUT2D eigenvalue weighted by molar-refractivity contribution is -0.136. The number of nitrogens with zero attached hydrogens (tertiary/aromatic N) is 1. The highest BCUT2D eigenvalue weighted by atomic mass is 32.2. The molecule has 5 nitrogen and oxygen atoms in total. The number of aliphatic hydroxyl groups is 1. The third kappa shape index (κ3) is 8.42. The van der Waals surface area contributed by atoms with Gasteiger partial charge < -0.3 is 15.1 Å². The highest BCUT2D eigenvalue weighted by molar-refractivity contribution is 7.99. The zero-order valence-corrected chi connectivity index (χ0v) is 14.8. The number of unbranched alkanes of at least 4 members (excludes halogenated alkanes) is 2. The van der Waals surface area contributed by atoms with Gasteiger partial charge in [-0.2, -0.15) is 11.8 Å². The predicted octanol–water partition coefficient (Wildman–Crippen LogP) is 2.68. The number of hydrogen-bond donors (Lipinski definition) is 2. The molecule has 132 valence electrons. The van der Waals surface area contributed by atoms with Gasteiger partial charge in [-0.05, 0) is 12.8 Å². The number of carboxylic acids is 1. The molecule has 1 aliphatic heterocycles. The summed E-state index contributed by atoms with van der Waals surface area (Å²) in [5.41, 5.74) is 0. The highest BCUT2D eigenvalue weighted by Gasteiger charge is 2.28. The maximum absolute atomic E-state index is 11.9. The molecule has 0 aliphatic carbocycles. The van der Waals surface area contributed by atoms with Crippen molar-refractivity contribution in [2.45, 2.75) is 64.0 Å². The van der Waals surface area contributed by atoms with Crippen molar-refractivity contribution in [3.05, 3.63) is 12.2 Å². The van der Waals surface area contributed by atoms with Crippen LogP contribution in [0.15, 0.2) is 12.2 Å². The molecular formula is C17H29NO4S. The van der Waals surface area contributed by atoms with Gasteiger partial charge >= 0.3 is 5.97 Å². The summed E-state index contributed by atoms with van der Waals surface area (Å²) in [7, 11) is 0. The maximum atomic E-state index is 11.9. The molecule has 1 aliphatic rings. The van der Waals surface area contributed by atoms with Crippen LogP contribution in [0.4, 0.5) is 0 Å². The standard InChI is InChI=1S/C17H29NO4S/c1-2-3-4-5-15(19)8-6-14-7-9-16(20)18(14)11-13-23-12-10-17(21)22/h6,8,14-15,19H,2-5,7,9-13H2,1H3,(H,21,22). The van der Waals surface area contributed by atoms with Crippen LogP contribution in [0.25, 0.3) is 0 Å². The van der Waals surface area contributed by atoms with Gasteiger partial charge in [0.25, 0.3) is 0 Å². The van der Waals surface area contributed by atoms with Crippen LogP contribution in [0.3, 0.4) is 0 Å². The summed E-state index contributed by atoms with van der Waals surface area (Å²) in [6.07, 6.45) is 8.94. The number of likely N-dealkylation sites (tertiary alicyclic amines) is 1. The minimum absolute atomic E-state index is 0.0726. The van der Waals surface area contributed by atoms with Crippen molar-refractivity contribution in [1.29, 1.82) is 0 Å². The third-order valence-electron chi connectivity index (χ3n) is 3.97. The van der Waals surface area contributed by atoms with E-state index in [9.17, 15) is 14.7 Å². The monoisotopic (exact) mass is 343 g/mol. The molecule has 1 rings (SSSR count). The van der Waals surface area contributed by atoms with Crippen molar-refractivity contribution in [2.75, 3.05) is 18.1 Å². The molecule has 1 saturated heterocycles. The Balaban J connectivity index is 2.32. The van der Waals surface area contributed by atoms with Crippen LogP contribution < -0.4 is 0 Å². The number of thioether (sulfide) groups is 1. The van der Waals surface area contributed by atoms with Gasteiger partial charge in [-0.3, -0.25) is 9.59 Å². The van der Waals surface area contributed by atoms with E-state index < -0.39 is 12.1 Å². The Hall–Kier alpha value is -1.01. The summed E-state index contributed by atoms with van der Waals surface area (Å²) >= 11 is 1.56. The Morgan fingerprint density at radius 3 is 2.91 bits per heavy atom. The molecule has 2 N–H and O–H groups in total. The van der Waals surface area contributed by atoms with E-state index in [-0.39, 0.29) is 18.4 Å². The topological polar surface area (TPSA) is 77.8 Å². The molecule has 0 spiro atoms. The summed E-state index contributed by atoms with van der Waals surface area (Å²) in [5.74, 6) is 0.697. The first kappa shape index (κ1) is 20.0. The fourth-order valence-corrected chi connectivity index (χ4v) is 3.48. The Labute approximate surface area is 143 Å². The third-order valence-corrected chi connectivity index (χ3v) is 4.93. The lowest BCUT2D eigenvalue weighted by atomic mass is 10.1. The summed E-state index contributed by atoms with van der Waals surface area (Å²) in [4.78, 5) is 24.2. The second-order valence-corrected chi connectivity index (χ2v) is 7.12. The quantitative estimate of drug-likeness (QED) is 0.421. The average molecular weight is 343 g/mol. The minimum atomic E-state index is -0.785. The van der Waals surface area contributed by atoms with E-state index in [1.807, 2.05) is 17.1 Å². The molecule has 0 radical (unpaired) electrons. The van der Waals surface area contributed by atoms with Crippen LogP contribution in [0, 0.1) is 0 Å². The van der Waals surface area contributed by atoms with E-state index in [1.54, 1.807) is 11.8 Å². The molecule has 0 saturated carbocycles. The van der Waals surface area contributed by atoms with Crippen molar-refractivity contribution in [1.82, 2.24) is 4.90 Å². The fraction of sp³-hybridized carbons (Fsp3) is 0.765. The van der Waals surface area contributed by atoms with Gasteiger partial charge in [0.05, 0.1) is 18.6 Å². The SMILES string of the molecule is CCCCCC(O)C=CC1CCC(=O)N1CCSCCC(=O)O. The summed E-state index contributed by atoms with van der Waals surface area (Å²) in [6.45, 7) is 2.78. The molecular weight excluding hydrogens is 314 g/mol. The van der Waals surface area contributed by atoms with Crippen molar-refractivity contribution in [3.63, 3.8) is 0 Å². The number of amides is 1. The van der Waals surface area contributed by atoms with Gasteiger partial charge in [-0.1, -0.05) is 38.3 Å². The Bertz CT molecular complexity index is 400. The first-order valence-corrected chi connectivity index (χ1v) is 9.65. The van der Waals surface area contributed by atoms with E-state index >= 15 is 0 Å². The molecule has 6 heteroatoms. The van der Waals surface area contributed by atoms with Crippen LogP contribution in [0.1, 0.15) is 51.9 Å². The van der Waals surface area contributed by atoms with Crippen LogP contribution in [0.2, 0.25) is 0 Å². The fourth-order valence-electron chi connectivity index (χ4n) is 2.63. The van der Waals surface area contributed by atoms with E-state index in [0.717, 1.165) is 37.9 Å². The van der Waals surface area contributed by atoms with Gasteiger partial charge in [-0.15, -0.1) is 0 Å². The van der Waals surface area contributed by atoms with Crippen molar-refractivity contribution in [3.8, 4) is 0 Å². The first-order chi connectivity index (χ1) is 11.0. The minimum Gasteiger partial charge on any atom is -0.481 e. The summed E-state index contributed by atoms with van der Waals surface area (Å²) in [5, 5.41) is 18.5. The second-order valence-electron chi connectivity index (χ2n) is 5.90. The van der Waals surface area contributed by atoms with E-state index in [1.165, 1.54) is 0 Å². The number of hydrogen-bond acceptors (Lipinski definition) is 4. The molecule has 2 unspecified atom stereocenters. The van der Waals surface area contributed by atoms with E-state index in [2.05, 4.69) is 6.92 Å². The number of aliphatic hydroxyl groups excluding tert-OH is 1. The molecule has 2 atom stereocenters. The largest absolute Gasteiger partial charge is 0.481 e. The average Bonchev–Trinajstić information content (AvgIpc) is 2.85. The molecule has 23 heavy (non-hydrogen) atoms. The highest BCUT2D eigenvalue weighted by Crippen LogP contribution is 2.21. The van der Waals surface area contributed by atoms with Crippen LogP contribution in [-0.4, -0.2) is 57.2 Å². The lowest BCUT2D eigenvalue weighted by Crippen LogP contribution is -2.34. The van der Waals surface area contributed by atoms with Crippen molar-refractivity contribution < 1.29 is 19.8 Å². The molecule has 1 amide bonds. The predicted molar refractivity (Wildman–Crippen MR) is 93.6 cm³/mol. The van der Waals surface area contributed by atoms with E-state index in [0.29, 0.717) is 18.7 Å². The molecule has 1 fully saturated rings. The molecule has 0 aromatic heterocycles. The number of rotatable bonds is 12. The van der Waals surface area contributed by atoms with Gasteiger partial charge in [0.2, 0.25) is 5.91 Å². The Kier molecular flexibility index (Phi) is 10.0. The normalized spacial score (nSPS) is 19.7. The molecule has 0 aromatic rings. The van der Waals surface area contributed by atoms with Crippen molar-refractivity contribution >= 4 is 23.6 Å². The number of carbonyl (C=O) groups excluding carboxylic acids is 1. The first-order valence-electron chi connectivity index (χ1n) is 8.50. The number of aliphatic carboxylic acids is 1. The second kappa shape index (κ2) is 11.5. The zero-order chi connectivity index (χ0) is 17.1. The summed E-state index contributed by atoms with van der Waals surface area (Å²) < 4.78 is 0. The van der Waals surface area contributed by atoms with Gasteiger partial charge in [-0.25, -0.2) is 0 Å². The molecule has 0 aromatic carbocycles. The number of carbonyl (C=O) groups is 2. The van der Waals surface area contributed by atoms with Crippen molar-refractivity contribution in [2.24, 2.45) is 0 Å². The number of carboxylic acid groups (broad SMARTS) is 1. The van der Waals surface area contributed by atoms with E-state index in [4.69, 9.17) is 5.11 Å². The van der Waals surface area contributed by atoms with Gasteiger partial charge in [0, 0.05) is 24.5 Å². The zero-order valence-electron chi connectivity index (χ0n) is 13.9. The smallest absolute Gasteiger partial charge is 0.304 e. The van der Waals surface area contributed by atoms with Crippen LogP contribution in [0.5, 0.6) is 0 Å². The van der Waals surface area contributed by atoms with Gasteiger partial charge in [0.1, 0.15) is 0 Å². The summed E-state index contributed by atoms with van der Waals surface area (Å²) in [6, 6.07) is 0.0726. The Morgan fingerprint density at radius 2 is 2.22 bits per heavy atom. The Morgan fingerprint density at radius 1 is 1.43 bits per heavy atom. The van der Waals surface area contributed by atoms with Gasteiger partial charge in [0.15, 0.2) is 0 Å². The lowest BCUT2D eigenvalue weighted by Gasteiger charge is -2.22. The molecule has 0 bridgehead atoms. The molecule has 1 heterocycles. The maximum Gasteiger partial charge on any atom is 0.304 e. The van der Waals surface area contributed by atoms with Crippen LogP contribution in [-0.2, 0) is 9.59 Å².